The molecule has 0 unspecified atom stereocenters. The number of carbonyl (C=O) groups is 1. The SMILES string of the molecule is CCc1cc(Br)ccc1Nc1cc(=O)[nH]cc1C(=O)O. The quantitative estimate of drug-likeness (QED) is 0.800. The molecule has 0 fully saturated rings. The third-order valence-electron chi connectivity index (χ3n) is 2.87. The van der Waals surface area contributed by atoms with Gasteiger partial charge in [0.15, 0.2) is 0 Å². The highest BCUT2D eigenvalue weighted by Gasteiger charge is 2.12. The Morgan fingerprint density at radius 3 is 2.75 bits per heavy atom. The summed E-state index contributed by atoms with van der Waals surface area (Å²) in [4.78, 5) is 24.9. The maximum absolute atomic E-state index is 11.4. The van der Waals surface area contributed by atoms with Gasteiger partial charge in [-0.05, 0) is 30.2 Å². The number of benzene rings is 1. The number of carboxylic acids is 1. The van der Waals surface area contributed by atoms with Crippen LogP contribution in [-0.2, 0) is 6.42 Å². The van der Waals surface area contributed by atoms with Crippen molar-refractivity contribution in [2.75, 3.05) is 5.32 Å². The molecule has 20 heavy (non-hydrogen) atoms. The molecule has 1 heterocycles. The number of hydrogen-bond acceptors (Lipinski definition) is 3. The molecule has 1 aromatic carbocycles. The smallest absolute Gasteiger partial charge is 0.339 e. The van der Waals surface area contributed by atoms with E-state index in [1.54, 1.807) is 0 Å². The zero-order valence-corrected chi connectivity index (χ0v) is 12.3. The fourth-order valence-corrected chi connectivity index (χ4v) is 2.28. The molecular weight excluding hydrogens is 324 g/mol. The molecule has 0 radical (unpaired) electrons. The van der Waals surface area contributed by atoms with Gasteiger partial charge in [-0.3, -0.25) is 4.79 Å². The molecule has 0 saturated heterocycles. The standard InChI is InChI=1S/C14H13BrN2O3/c1-2-8-5-9(15)3-4-11(8)17-12-6-13(18)16-7-10(12)14(19)20/h3-7H,2H2,1H3,(H,19,20)(H2,16,17,18). The van der Waals surface area contributed by atoms with Crippen LogP contribution in [0.2, 0.25) is 0 Å². The summed E-state index contributed by atoms with van der Waals surface area (Å²) in [5.41, 5.74) is 1.75. The second-order valence-corrected chi connectivity index (χ2v) is 5.13. The van der Waals surface area contributed by atoms with Crippen LogP contribution in [-0.4, -0.2) is 16.1 Å². The third kappa shape index (κ3) is 3.08. The van der Waals surface area contributed by atoms with E-state index in [0.717, 1.165) is 22.1 Å². The summed E-state index contributed by atoms with van der Waals surface area (Å²) in [7, 11) is 0. The molecule has 0 amide bonds. The molecule has 0 bridgehead atoms. The second kappa shape index (κ2) is 5.92. The number of pyridine rings is 1. The first kappa shape index (κ1) is 14.3. The summed E-state index contributed by atoms with van der Waals surface area (Å²) in [6.07, 6.45) is 1.98. The van der Waals surface area contributed by atoms with Gasteiger partial charge in [-0.1, -0.05) is 22.9 Å². The molecule has 6 heteroatoms. The Morgan fingerprint density at radius 1 is 1.35 bits per heavy atom. The van der Waals surface area contributed by atoms with E-state index in [9.17, 15) is 9.59 Å². The van der Waals surface area contributed by atoms with Crippen LogP contribution in [0.5, 0.6) is 0 Å². The number of aromatic amines is 1. The Labute approximate surface area is 123 Å². The molecule has 104 valence electrons. The molecule has 5 nitrogen and oxygen atoms in total. The Balaban J connectivity index is 2.47. The van der Waals surface area contributed by atoms with Gasteiger partial charge in [-0.25, -0.2) is 4.79 Å². The first-order valence-electron chi connectivity index (χ1n) is 6.02. The maximum atomic E-state index is 11.4. The molecule has 2 rings (SSSR count). The van der Waals surface area contributed by atoms with Crippen molar-refractivity contribution in [1.82, 2.24) is 4.98 Å². The second-order valence-electron chi connectivity index (χ2n) is 4.21. The van der Waals surface area contributed by atoms with E-state index in [4.69, 9.17) is 5.11 Å². The monoisotopic (exact) mass is 336 g/mol. The van der Waals surface area contributed by atoms with Crippen molar-refractivity contribution in [3.63, 3.8) is 0 Å². The highest BCUT2D eigenvalue weighted by molar-refractivity contribution is 9.10. The van der Waals surface area contributed by atoms with Gasteiger partial charge in [0.25, 0.3) is 0 Å². The average molecular weight is 337 g/mol. The number of rotatable bonds is 4. The summed E-state index contributed by atoms with van der Waals surface area (Å²) in [6.45, 7) is 2.00. The fourth-order valence-electron chi connectivity index (χ4n) is 1.87. The molecule has 2 aromatic rings. The van der Waals surface area contributed by atoms with Crippen molar-refractivity contribution in [3.8, 4) is 0 Å². The minimum Gasteiger partial charge on any atom is -0.478 e. The van der Waals surface area contributed by atoms with E-state index in [2.05, 4.69) is 26.2 Å². The van der Waals surface area contributed by atoms with Crippen LogP contribution in [0.25, 0.3) is 0 Å². The largest absolute Gasteiger partial charge is 0.478 e. The molecule has 1 aromatic heterocycles. The molecular formula is C14H13BrN2O3. The van der Waals surface area contributed by atoms with Gasteiger partial charge in [0, 0.05) is 22.4 Å². The Kier molecular flexibility index (Phi) is 4.24. The van der Waals surface area contributed by atoms with Crippen LogP contribution >= 0.6 is 15.9 Å². The Hall–Kier alpha value is -2.08. The Morgan fingerprint density at radius 2 is 2.10 bits per heavy atom. The maximum Gasteiger partial charge on any atom is 0.339 e. The number of nitrogens with one attached hydrogen (secondary N) is 2. The number of aromatic nitrogens is 1. The number of carboxylic acid groups (broad SMARTS) is 1. The predicted octanol–water partition coefficient (Wildman–Crippen LogP) is 3.14. The van der Waals surface area contributed by atoms with Crippen LogP contribution in [0.1, 0.15) is 22.8 Å². The number of H-pyrrole nitrogens is 1. The van der Waals surface area contributed by atoms with Crippen LogP contribution in [0.15, 0.2) is 39.7 Å². The lowest BCUT2D eigenvalue weighted by Gasteiger charge is -2.13. The lowest BCUT2D eigenvalue weighted by Crippen LogP contribution is -2.11. The molecule has 0 aliphatic rings. The molecule has 0 aliphatic carbocycles. The first-order chi connectivity index (χ1) is 9.51. The van der Waals surface area contributed by atoms with E-state index in [1.165, 1.54) is 12.3 Å². The predicted molar refractivity (Wildman–Crippen MR) is 80.8 cm³/mol. The number of aryl methyl sites for hydroxylation is 1. The normalized spacial score (nSPS) is 10.3. The van der Waals surface area contributed by atoms with Crippen molar-refractivity contribution < 1.29 is 9.90 Å². The van der Waals surface area contributed by atoms with E-state index in [-0.39, 0.29) is 16.8 Å². The summed E-state index contributed by atoms with van der Waals surface area (Å²) >= 11 is 3.39. The number of aromatic carboxylic acids is 1. The van der Waals surface area contributed by atoms with Crippen molar-refractivity contribution >= 4 is 33.3 Å². The average Bonchev–Trinajstić information content (AvgIpc) is 2.40. The van der Waals surface area contributed by atoms with Gasteiger partial charge in [0.1, 0.15) is 0 Å². The van der Waals surface area contributed by atoms with Gasteiger partial charge in [-0.2, -0.15) is 0 Å². The molecule has 0 atom stereocenters. The zero-order valence-electron chi connectivity index (χ0n) is 10.7. The highest BCUT2D eigenvalue weighted by Crippen LogP contribution is 2.26. The topological polar surface area (TPSA) is 82.2 Å². The minimum atomic E-state index is -1.10. The highest BCUT2D eigenvalue weighted by atomic mass is 79.9. The van der Waals surface area contributed by atoms with E-state index in [1.807, 2.05) is 25.1 Å². The van der Waals surface area contributed by atoms with E-state index < -0.39 is 5.97 Å². The first-order valence-corrected chi connectivity index (χ1v) is 6.82. The number of hydrogen-bond donors (Lipinski definition) is 3. The summed E-state index contributed by atoms with van der Waals surface area (Å²) in [5.74, 6) is -1.10. The zero-order chi connectivity index (χ0) is 14.7. The number of halogens is 1. The van der Waals surface area contributed by atoms with Crippen LogP contribution in [0.3, 0.4) is 0 Å². The van der Waals surface area contributed by atoms with Gasteiger partial charge >= 0.3 is 5.97 Å². The van der Waals surface area contributed by atoms with Crippen LogP contribution in [0, 0.1) is 0 Å². The molecule has 0 spiro atoms. The fraction of sp³-hybridized carbons (Fsp3) is 0.143. The summed E-state index contributed by atoms with van der Waals surface area (Å²) in [6, 6.07) is 6.89. The summed E-state index contributed by atoms with van der Waals surface area (Å²) < 4.78 is 0.948. The lowest BCUT2D eigenvalue weighted by atomic mass is 10.1. The van der Waals surface area contributed by atoms with Gasteiger partial charge in [0.2, 0.25) is 5.56 Å². The van der Waals surface area contributed by atoms with Crippen molar-refractivity contribution in [1.29, 1.82) is 0 Å². The van der Waals surface area contributed by atoms with E-state index in [0.29, 0.717) is 0 Å². The molecule has 0 saturated carbocycles. The van der Waals surface area contributed by atoms with Crippen molar-refractivity contribution in [2.45, 2.75) is 13.3 Å². The van der Waals surface area contributed by atoms with Gasteiger partial charge in [0.05, 0.1) is 11.3 Å². The summed E-state index contributed by atoms with van der Waals surface area (Å²) in [5, 5.41) is 12.2. The van der Waals surface area contributed by atoms with Gasteiger partial charge in [-0.15, -0.1) is 0 Å². The lowest BCUT2D eigenvalue weighted by molar-refractivity contribution is 0.0697. The van der Waals surface area contributed by atoms with Crippen molar-refractivity contribution in [3.05, 3.63) is 56.4 Å². The Bertz CT molecular complexity index is 710. The van der Waals surface area contributed by atoms with Crippen LogP contribution < -0.4 is 10.9 Å². The van der Waals surface area contributed by atoms with E-state index >= 15 is 0 Å². The molecule has 3 N–H and O–H groups in total. The van der Waals surface area contributed by atoms with Gasteiger partial charge < -0.3 is 15.4 Å². The number of anilines is 2. The third-order valence-corrected chi connectivity index (χ3v) is 3.37. The van der Waals surface area contributed by atoms with Crippen molar-refractivity contribution in [2.24, 2.45) is 0 Å². The minimum absolute atomic E-state index is 0.0228. The van der Waals surface area contributed by atoms with Crippen LogP contribution in [0.4, 0.5) is 11.4 Å². The molecule has 0 aliphatic heterocycles.